The molecule has 1 aromatic heterocycles. The molecule has 1 rings (SSSR count). The molecule has 0 fully saturated rings. The van der Waals surface area contributed by atoms with Crippen molar-refractivity contribution in [1.82, 2.24) is 5.27 Å². The fourth-order valence-electron chi connectivity index (χ4n) is 1.38. The van der Waals surface area contributed by atoms with Crippen molar-refractivity contribution in [2.24, 2.45) is 0 Å². The van der Waals surface area contributed by atoms with Crippen LogP contribution in [0.3, 0.4) is 0 Å². The molecule has 15 heavy (non-hydrogen) atoms. The van der Waals surface area contributed by atoms with Crippen molar-refractivity contribution < 1.29 is 9.31 Å². The molecule has 5 nitrogen and oxygen atoms in total. The molecule has 0 aliphatic rings. The monoisotopic (exact) mass is 213 g/mol. The lowest BCUT2D eigenvalue weighted by atomic mass is 10.3. The molecular weight excluding hydrogens is 192 g/mol. The van der Waals surface area contributed by atoms with E-state index >= 15 is 0 Å². The molecule has 1 heterocycles. The zero-order valence-corrected chi connectivity index (χ0v) is 9.65. The van der Waals surface area contributed by atoms with Crippen LogP contribution in [0.1, 0.15) is 39.5 Å². The minimum absolute atomic E-state index is 0.355. The smallest absolute Gasteiger partial charge is 0.296 e. The van der Waals surface area contributed by atoms with Gasteiger partial charge in [-0.25, -0.2) is 0 Å². The maximum atomic E-state index is 5.50. The van der Waals surface area contributed by atoms with Gasteiger partial charge >= 0.3 is 0 Å². The van der Waals surface area contributed by atoms with Crippen LogP contribution < -0.4 is 15.5 Å². The Morgan fingerprint density at radius 2 is 1.93 bits per heavy atom. The van der Waals surface area contributed by atoms with Crippen LogP contribution in [0.25, 0.3) is 0 Å². The van der Waals surface area contributed by atoms with Gasteiger partial charge in [-0.05, 0) is 12.8 Å². The molecule has 0 aliphatic carbocycles. The van der Waals surface area contributed by atoms with Crippen molar-refractivity contribution in [1.29, 1.82) is 0 Å². The standard InChI is InChI=1S/C10H21N4O/c1-3-5-7-13(8-6-4-2)14-9-10(11)15-12-14/h9H,3-8,11H2,1-2H3/q+1. The Kier molecular flexibility index (Phi) is 4.93. The molecule has 1 aromatic rings. The topological polar surface area (TPSA) is 59.2 Å². The average molecular weight is 213 g/mol. The van der Waals surface area contributed by atoms with Gasteiger partial charge in [0, 0.05) is 0 Å². The predicted octanol–water partition coefficient (Wildman–Crippen LogP) is 1.08. The number of nitrogen functional groups attached to an aromatic ring is 1. The van der Waals surface area contributed by atoms with E-state index in [-0.39, 0.29) is 0 Å². The number of hydrogen-bond acceptors (Lipinski definition) is 4. The van der Waals surface area contributed by atoms with Crippen LogP contribution >= 0.6 is 0 Å². The molecule has 0 atom stereocenters. The lowest BCUT2D eigenvalue weighted by Crippen LogP contribution is -2.59. The first kappa shape index (κ1) is 11.8. The van der Waals surface area contributed by atoms with Gasteiger partial charge < -0.3 is 5.73 Å². The van der Waals surface area contributed by atoms with E-state index in [0.29, 0.717) is 5.88 Å². The zero-order chi connectivity index (χ0) is 11.1. The Labute approximate surface area is 90.8 Å². The third-order valence-corrected chi connectivity index (χ3v) is 2.30. The van der Waals surface area contributed by atoms with Gasteiger partial charge in [-0.1, -0.05) is 26.7 Å². The highest BCUT2D eigenvalue weighted by molar-refractivity contribution is 5.11. The quantitative estimate of drug-likeness (QED) is 0.689. The van der Waals surface area contributed by atoms with Crippen LogP contribution in [0.15, 0.2) is 10.7 Å². The highest BCUT2D eigenvalue weighted by Gasteiger charge is 2.17. The Morgan fingerprint density at radius 3 is 2.33 bits per heavy atom. The third kappa shape index (κ3) is 3.77. The molecule has 0 amide bonds. The van der Waals surface area contributed by atoms with Crippen LogP contribution in [-0.2, 0) is 0 Å². The minimum atomic E-state index is 0.355. The van der Waals surface area contributed by atoms with E-state index in [9.17, 15) is 0 Å². The van der Waals surface area contributed by atoms with Gasteiger partial charge in [0.05, 0.1) is 17.9 Å². The van der Waals surface area contributed by atoms with Gasteiger partial charge in [0.25, 0.3) is 12.1 Å². The highest BCUT2D eigenvalue weighted by atomic mass is 16.5. The molecule has 0 unspecified atom stereocenters. The van der Waals surface area contributed by atoms with Crippen LogP contribution in [0, 0.1) is 0 Å². The molecule has 0 saturated carbocycles. The molecule has 0 bridgehead atoms. The summed E-state index contributed by atoms with van der Waals surface area (Å²) in [5.41, 5.74) is 5.50. The summed E-state index contributed by atoms with van der Waals surface area (Å²) >= 11 is 0. The van der Waals surface area contributed by atoms with Crippen molar-refractivity contribution in [2.75, 3.05) is 23.8 Å². The van der Waals surface area contributed by atoms with Gasteiger partial charge in [-0.3, -0.25) is 4.52 Å². The Hall–Kier alpha value is -1.26. The van der Waals surface area contributed by atoms with Crippen LogP contribution in [0.2, 0.25) is 0 Å². The predicted molar refractivity (Wildman–Crippen MR) is 58.9 cm³/mol. The molecular formula is C10H21N4O+. The fraction of sp³-hybridized carbons (Fsp3) is 0.800. The van der Waals surface area contributed by atoms with Crippen molar-refractivity contribution in [3.63, 3.8) is 0 Å². The first-order chi connectivity index (χ1) is 7.27. The van der Waals surface area contributed by atoms with E-state index < -0.39 is 0 Å². The first-order valence-electron chi connectivity index (χ1n) is 5.67. The zero-order valence-electron chi connectivity index (χ0n) is 9.65. The van der Waals surface area contributed by atoms with Crippen molar-refractivity contribution in [3.8, 4) is 0 Å². The summed E-state index contributed by atoms with van der Waals surface area (Å²) in [5, 5.41) is 6.02. The number of nitrogens with zero attached hydrogens (tertiary/aromatic N) is 3. The number of rotatable bonds is 7. The summed E-state index contributed by atoms with van der Waals surface area (Å²) in [6.07, 6.45) is 6.38. The fourth-order valence-corrected chi connectivity index (χ4v) is 1.38. The normalized spacial score (nSPS) is 10.5. The first-order valence-corrected chi connectivity index (χ1v) is 5.67. The number of nitrogens with two attached hydrogens (primary N) is 1. The average Bonchev–Trinajstić information content (AvgIpc) is 2.65. The number of anilines is 1. The SMILES string of the molecule is CCCCN(CCCC)[n+]1cc(N)on1. The van der Waals surface area contributed by atoms with Gasteiger partial charge in [-0.15, -0.1) is 0 Å². The van der Waals surface area contributed by atoms with Crippen LogP contribution in [0.5, 0.6) is 0 Å². The second-order valence-corrected chi connectivity index (χ2v) is 3.69. The maximum absolute atomic E-state index is 5.50. The summed E-state index contributed by atoms with van der Waals surface area (Å²) in [7, 11) is 0. The summed E-state index contributed by atoms with van der Waals surface area (Å²) in [6.45, 7) is 6.35. The van der Waals surface area contributed by atoms with Gasteiger partial charge in [-0.2, -0.15) is 5.01 Å². The number of aromatic nitrogens is 2. The second-order valence-electron chi connectivity index (χ2n) is 3.69. The second kappa shape index (κ2) is 6.27. The molecule has 0 saturated heterocycles. The van der Waals surface area contributed by atoms with E-state index in [1.165, 1.54) is 12.8 Å². The van der Waals surface area contributed by atoms with E-state index in [1.54, 1.807) is 11.0 Å². The molecule has 86 valence electrons. The molecule has 0 aliphatic heterocycles. The van der Waals surface area contributed by atoms with Crippen molar-refractivity contribution >= 4 is 5.88 Å². The number of unbranched alkanes of at least 4 members (excludes halogenated alkanes) is 2. The van der Waals surface area contributed by atoms with Gasteiger partial charge in [0.2, 0.25) is 5.27 Å². The summed E-state index contributed by atoms with van der Waals surface area (Å²) in [4.78, 5) is 1.71. The van der Waals surface area contributed by atoms with Gasteiger partial charge in [0.15, 0.2) is 0 Å². The van der Waals surface area contributed by atoms with Gasteiger partial charge in [0.1, 0.15) is 0 Å². The maximum Gasteiger partial charge on any atom is 0.296 e. The molecule has 0 aromatic carbocycles. The van der Waals surface area contributed by atoms with E-state index in [1.807, 2.05) is 0 Å². The largest absolute Gasteiger partial charge is 0.362 e. The summed E-state index contributed by atoms with van der Waals surface area (Å²) in [5.74, 6) is 0.355. The Balaban J connectivity index is 2.54. The number of hydrogen-bond donors (Lipinski definition) is 1. The van der Waals surface area contributed by atoms with E-state index in [2.05, 4.69) is 24.1 Å². The van der Waals surface area contributed by atoms with Crippen molar-refractivity contribution in [2.45, 2.75) is 39.5 Å². The summed E-state index contributed by atoms with van der Waals surface area (Å²) < 4.78 is 4.85. The molecule has 5 heteroatoms. The summed E-state index contributed by atoms with van der Waals surface area (Å²) in [6, 6.07) is 0. The Morgan fingerprint density at radius 1 is 1.33 bits per heavy atom. The van der Waals surface area contributed by atoms with Crippen LogP contribution in [0.4, 0.5) is 5.88 Å². The molecule has 0 spiro atoms. The highest BCUT2D eigenvalue weighted by Crippen LogP contribution is 1.96. The van der Waals surface area contributed by atoms with E-state index in [4.69, 9.17) is 10.3 Å². The molecule has 2 N–H and O–H groups in total. The van der Waals surface area contributed by atoms with Crippen LogP contribution in [-0.4, -0.2) is 18.4 Å². The van der Waals surface area contributed by atoms with Crippen molar-refractivity contribution in [3.05, 3.63) is 6.20 Å². The lowest BCUT2D eigenvalue weighted by molar-refractivity contribution is -0.758. The minimum Gasteiger partial charge on any atom is -0.362 e. The third-order valence-electron chi connectivity index (χ3n) is 2.30. The lowest BCUT2D eigenvalue weighted by Gasteiger charge is -2.12. The Bertz CT molecular complexity index is 266. The van der Waals surface area contributed by atoms with E-state index in [0.717, 1.165) is 25.9 Å². The molecule has 0 radical (unpaired) electrons.